The Labute approximate surface area is 124 Å². The van der Waals surface area contributed by atoms with E-state index in [9.17, 15) is 4.79 Å². The van der Waals surface area contributed by atoms with Gasteiger partial charge in [0.2, 0.25) is 0 Å². The highest BCUT2D eigenvalue weighted by Gasteiger charge is 2.22. The molecule has 2 amide bonds. The molecule has 2 N–H and O–H groups in total. The molecule has 0 bridgehead atoms. The highest BCUT2D eigenvalue weighted by atomic mass is 79.9. The summed E-state index contributed by atoms with van der Waals surface area (Å²) in [4.78, 5) is 14.1. The third kappa shape index (κ3) is 2.43. The lowest BCUT2D eigenvalue weighted by molar-refractivity contribution is 0.210. The van der Waals surface area contributed by atoms with Crippen LogP contribution in [0.2, 0.25) is 0 Å². The molecule has 0 aromatic carbocycles. The number of halogens is 1. The molecule has 3 heterocycles. The van der Waals surface area contributed by atoms with Crippen LogP contribution in [0.1, 0.15) is 17.7 Å². The molecule has 20 heavy (non-hydrogen) atoms. The van der Waals surface area contributed by atoms with Crippen LogP contribution in [-0.2, 0) is 20.0 Å². The summed E-state index contributed by atoms with van der Waals surface area (Å²) in [5.74, 6) is 0.575. The molecule has 0 spiro atoms. The van der Waals surface area contributed by atoms with Gasteiger partial charge in [-0.3, -0.25) is 15.1 Å². The van der Waals surface area contributed by atoms with Gasteiger partial charge in [0.15, 0.2) is 0 Å². The zero-order valence-corrected chi connectivity index (χ0v) is 12.6. The van der Waals surface area contributed by atoms with Crippen molar-refractivity contribution in [1.29, 1.82) is 0 Å². The largest absolute Gasteiger partial charge is 0.323 e. The van der Waals surface area contributed by atoms with Crippen molar-refractivity contribution in [3.63, 3.8) is 0 Å². The summed E-state index contributed by atoms with van der Waals surface area (Å²) >= 11 is 3.32. The van der Waals surface area contributed by atoms with Crippen molar-refractivity contribution in [2.45, 2.75) is 19.4 Å². The molecule has 0 aliphatic carbocycles. The van der Waals surface area contributed by atoms with Crippen molar-refractivity contribution in [2.75, 3.05) is 11.9 Å². The maximum Gasteiger partial charge on any atom is 0.323 e. The fourth-order valence-electron chi connectivity index (χ4n) is 2.40. The lowest BCUT2D eigenvalue weighted by Crippen LogP contribution is -2.34. The molecule has 0 unspecified atom stereocenters. The smallest absolute Gasteiger partial charge is 0.320 e. The molecule has 0 saturated heterocycles. The predicted molar refractivity (Wildman–Crippen MR) is 77.2 cm³/mol. The highest BCUT2D eigenvalue weighted by molar-refractivity contribution is 9.10. The Balaban J connectivity index is 1.74. The van der Waals surface area contributed by atoms with Crippen molar-refractivity contribution in [1.82, 2.24) is 24.9 Å². The van der Waals surface area contributed by atoms with E-state index in [0.29, 0.717) is 12.4 Å². The Bertz CT molecular complexity index is 634. The second kappa shape index (κ2) is 5.28. The van der Waals surface area contributed by atoms with Crippen LogP contribution in [0.15, 0.2) is 16.9 Å². The quantitative estimate of drug-likeness (QED) is 0.833. The third-order valence-electron chi connectivity index (χ3n) is 3.46. The van der Waals surface area contributed by atoms with E-state index in [1.165, 1.54) is 5.69 Å². The average molecular weight is 339 g/mol. The number of aryl methyl sites for hydroxylation is 1. The number of hydrogen-bond acceptors (Lipinski definition) is 3. The minimum absolute atomic E-state index is 0.133. The fourth-order valence-corrected chi connectivity index (χ4v) is 2.69. The normalized spacial score (nSPS) is 14.8. The van der Waals surface area contributed by atoms with Crippen LogP contribution >= 0.6 is 15.9 Å². The van der Waals surface area contributed by atoms with Crippen LogP contribution < -0.4 is 5.32 Å². The summed E-state index contributed by atoms with van der Waals surface area (Å²) in [5, 5.41) is 13.7. The number of nitrogens with zero attached hydrogens (tertiary/aromatic N) is 4. The van der Waals surface area contributed by atoms with Crippen LogP contribution in [0.25, 0.3) is 0 Å². The van der Waals surface area contributed by atoms with Crippen molar-refractivity contribution in [3.05, 3.63) is 28.1 Å². The number of H-pyrrole nitrogens is 1. The Morgan fingerprint density at radius 2 is 2.35 bits per heavy atom. The molecule has 0 radical (unpaired) electrons. The summed E-state index contributed by atoms with van der Waals surface area (Å²) in [7, 11) is 1.94. The number of aromatic nitrogens is 4. The molecule has 2 aromatic rings. The van der Waals surface area contributed by atoms with E-state index < -0.39 is 0 Å². The van der Waals surface area contributed by atoms with Crippen molar-refractivity contribution < 1.29 is 4.79 Å². The van der Waals surface area contributed by atoms with E-state index in [4.69, 9.17) is 0 Å². The van der Waals surface area contributed by atoms with E-state index in [1.807, 2.05) is 17.9 Å². The van der Waals surface area contributed by atoms with Crippen molar-refractivity contribution in [2.24, 2.45) is 7.05 Å². The maximum absolute atomic E-state index is 12.3. The molecule has 0 atom stereocenters. The Morgan fingerprint density at radius 1 is 1.50 bits per heavy atom. The Kier molecular flexibility index (Phi) is 3.47. The third-order valence-corrected chi connectivity index (χ3v) is 4.06. The van der Waals surface area contributed by atoms with Gasteiger partial charge in [0, 0.05) is 24.8 Å². The topological polar surface area (TPSA) is 78.8 Å². The van der Waals surface area contributed by atoms with Crippen LogP contribution in [0.5, 0.6) is 0 Å². The van der Waals surface area contributed by atoms with Crippen molar-refractivity contribution in [3.8, 4) is 0 Å². The number of hydrogen-bond donors (Lipinski definition) is 2. The first-order valence-electron chi connectivity index (χ1n) is 6.39. The minimum atomic E-state index is -0.133. The van der Waals surface area contributed by atoms with Crippen LogP contribution in [-0.4, -0.2) is 37.5 Å². The average Bonchev–Trinajstić information content (AvgIpc) is 2.89. The molecular weight excluding hydrogens is 324 g/mol. The fraction of sp³-hybridized carbons (Fsp3) is 0.417. The van der Waals surface area contributed by atoms with E-state index in [0.717, 1.165) is 29.4 Å². The summed E-state index contributed by atoms with van der Waals surface area (Å²) in [5.41, 5.74) is 2.33. The van der Waals surface area contributed by atoms with Gasteiger partial charge < -0.3 is 4.90 Å². The summed E-state index contributed by atoms with van der Waals surface area (Å²) in [6.07, 6.45) is 5.33. The molecule has 106 valence electrons. The minimum Gasteiger partial charge on any atom is -0.320 e. The van der Waals surface area contributed by atoms with Crippen LogP contribution in [0.4, 0.5) is 10.6 Å². The van der Waals surface area contributed by atoms with E-state index in [2.05, 4.69) is 36.5 Å². The number of amides is 2. The van der Waals surface area contributed by atoms with Crippen molar-refractivity contribution >= 4 is 27.8 Å². The van der Waals surface area contributed by atoms with Crippen LogP contribution in [0.3, 0.4) is 0 Å². The molecule has 0 saturated carbocycles. The van der Waals surface area contributed by atoms with Gasteiger partial charge in [-0.2, -0.15) is 10.2 Å². The van der Waals surface area contributed by atoms with Gasteiger partial charge in [-0.15, -0.1) is 0 Å². The molecule has 1 aliphatic heterocycles. The first kappa shape index (κ1) is 13.2. The van der Waals surface area contributed by atoms with Gasteiger partial charge in [0.05, 0.1) is 23.4 Å². The number of anilines is 1. The summed E-state index contributed by atoms with van der Waals surface area (Å²) in [6.45, 7) is 1.31. The Morgan fingerprint density at radius 3 is 3.10 bits per heavy atom. The highest BCUT2D eigenvalue weighted by Crippen LogP contribution is 2.21. The summed E-state index contributed by atoms with van der Waals surface area (Å²) in [6, 6.07) is -0.133. The van der Waals surface area contributed by atoms with E-state index in [1.54, 1.807) is 11.1 Å². The molecular formula is C12H15BrN6O. The van der Waals surface area contributed by atoms with E-state index >= 15 is 0 Å². The number of carbonyl (C=O) groups excluding carboxylic acids is 1. The lowest BCUT2D eigenvalue weighted by Gasteiger charge is -2.20. The summed E-state index contributed by atoms with van der Waals surface area (Å²) < 4.78 is 2.63. The number of aromatic amines is 1. The van der Waals surface area contributed by atoms with Gasteiger partial charge in [-0.1, -0.05) is 0 Å². The zero-order valence-electron chi connectivity index (χ0n) is 11.1. The molecule has 2 aromatic heterocycles. The second-order valence-corrected chi connectivity index (χ2v) is 5.64. The molecule has 8 heteroatoms. The monoisotopic (exact) mass is 338 g/mol. The number of fused-ring (bicyclic) bond motifs is 1. The lowest BCUT2D eigenvalue weighted by atomic mass is 10.2. The van der Waals surface area contributed by atoms with Gasteiger partial charge in [0.1, 0.15) is 5.82 Å². The van der Waals surface area contributed by atoms with Gasteiger partial charge >= 0.3 is 6.03 Å². The SMILES string of the molecule is Cn1ncc2c1CCCN(C(=O)Nc1[nH]ncc1Br)C2. The van der Waals surface area contributed by atoms with Gasteiger partial charge in [-0.05, 0) is 28.8 Å². The first-order chi connectivity index (χ1) is 9.65. The number of nitrogens with one attached hydrogen (secondary N) is 2. The standard InChI is InChI=1S/C12H15BrN6O/c1-18-10-3-2-4-19(7-8(10)5-15-18)12(20)16-11-9(13)6-14-17-11/h5-6H,2-4,7H2,1H3,(H2,14,16,17,20). The zero-order chi connectivity index (χ0) is 14.1. The molecule has 3 rings (SSSR count). The van der Waals surface area contributed by atoms with Gasteiger partial charge in [0.25, 0.3) is 0 Å². The number of carbonyl (C=O) groups is 1. The van der Waals surface area contributed by atoms with Crippen LogP contribution in [0, 0.1) is 0 Å². The predicted octanol–water partition coefficient (Wildman–Crippen LogP) is 1.89. The molecule has 1 aliphatic rings. The number of urea groups is 1. The van der Waals surface area contributed by atoms with Gasteiger partial charge in [-0.25, -0.2) is 4.79 Å². The Hall–Kier alpha value is -1.83. The molecule has 7 nitrogen and oxygen atoms in total. The maximum atomic E-state index is 12.3. The first-order valence-corrected chi connectivity index (χ1v) is 7.19. The number of rotatable bonds is 1. The molecule has 0 fully saturated rings. The second-order valence-electron chi connectivity index (χ2n) is 4.79. The van der Waals surface area contributed by atoms with E-state index in [-0.39, 0.29) is 6.03 Å².